The molecule has 6 heteroatoms. The van der Waals surface area contributed by atoms with Gasteiger partial charge in [-0.1, -0.05) is 30.3 Å². The van der Waals surface area contributed by atoms with Gasteiger partial charge in [-0.15, -0.1) is 0 Å². The van der Waals surface area contributed by atoms with Crippen LogP contribution in [0.1, 0.15) is 37.7 Å². The Balaban J connectivity index is 1.46. The van der Waals surface area contributed by atoms with E-state index in [1.54, 1.807) is 7.05 Å². The maximum Gasteiger partial charge on any atom is 0.229 e. The van der Waals surface area contributed by atoms with E-state index in [2.05, 4.69) is 39.9 Å². The van der Waals surface area contributed by atoms with Crippen molar-refractivity contribution in [2.24, 2.45) is 4.99 Å². The maximum absolute atomic E-state index is 11.8. The standard InChI is InChI=1S/C19H26N4O2/c1-20-18(21-12-13-23-16(24)8-5-9-17(23)25)22-14-19(10-11-19)15-6-3-2-4-7-15/h2-4,6-7H,5,8-14H2,1H3,(H2,20,21,22). The lowest BCUT2D eigenvalue weighted by Gasteiger charge is -2.25. The molecule has 2 aliphatic rings. The Morgan fingerprint density at radius 1 is 1.12 bits per heavy atom. The van der Waals surface area contributed by atoms with Crippen LogP contribution in [0.2, 0.25) is 0 Å². The summed E-state index contributed by atoms with van der Waals surface area (Å²) in [6, 6.07) is 10.6. The van der Waals surface area contributed by atoms with Gasteiger partial charge in [0.15, 0.2) is 5.96 Å². The molecule has 1 saturated carbocycles. The fourth-order valence-corrected chi connectivity index (χ4v) is 3.32. The fourth-order valence-electron chi connectivity index (χ4n) is 3.32. The van der Waals surface area contributed by atoms with Crippen LogP contribution < -0.4 is 10.6 Å². The lowest BCUT2D eigenvalue weighted by atomic mass is 9.96. The highest BCUT2D eigenvalue weighted by Crippen LogP contribution is 2.47. The van der Waals surface area contributed by atoms with E-state index in [-0.39, 0.29) is 17.2 Å². The lowest BCUT2D eigenvalue weighted by molar-refractivity contribution is -0.147. The first-order valence-corrected chi connectivity index (χ1v) is 8.98. The molecule has 1 aromatic carbocycles. The van der Waals surface area contributed by atoms with E-state index >= 15 is 0 Å². The second-order valence-corrected chi connectivity index (χ2v) is 6.79. The van der Waals surface area contributed by atoms with Gasteiger partial charge < -0.3 is 10.6 Å². The van der Waals surface area contributed by atoms with E-state index in [1.165, 1.54) is 23.3 Å². The number of nitrogens with one attached hydrogen (secondary N) is 2. The summed E-state index contributed by atoms with van der Waals surface area (Å²) in [4.78, 5) is 29.2. The number of imide groups is 1. The van der Waals surface area contributed by atoms with E-state index in [1.807, 2.05) is 6.07 Å². The second-order valence-electron chi connectivity index (χ2n) is 6.79. The zero-order valence-electron chi connectivity index (χ0n) is 14.8. The third kappa shape index (κ3) is 4.18. The normalized spacial score (nSPS) is 19.7. The van der Waals surface area contributed by atoms with Gasteiger partial charge in [0.2, 0.25) is 11.8 Å². The highest BCUT2D eigenvalue weighted by atomic mass is 16.2. The first kappa shape index (κ1) is 17.5. The molecular weight excluding hydrogens is 316 g/mol. The predicted molar refractivity (Wildman–Crippen MR) is 97.3 cm³/mol. The molecule has 3 rings (SSSR count). The Morgan fingerprint density at radius 2 is 1.80 bits per heavy atom. The molecule has 25 heavy (non-hydrogen) atoms. The van der Waals surface area contributed by atoms with Gasteiger partial charge in [-0.25, -0.2) is 0 Å². The van der Waals surface area contributed by atoms with E-state index in [9.17, 15) is 9.59 Å². The molecule has 0 unspecified atom stereocenters. The van der Waals surface area contributed by atoms with Crippen LogP contribution in [0.25, 0.3) is 0 Å². The van der Waals surface area contributed by atoms with Crippen LogP contribution in [0.3, 0.4) is 0 Å². The van der Waals surface area contributed by atoms with Crippen LogP contribution in [0, 0.1) is 0 Å². The van der Waals surface area contributed by atoms with Gasteiger partial charge in [-0.2, -0.15) is 0 Å². The van der Waals surface area contributed by atoms with Crippen molar-refractivity contribution < 1.29 is 9.59 Å². The van der Waals surface area contributed by atoms with Crippen molar-refractivity contribution in [3.05, 3.63) is 35.9 Å². The van der Waals surface area contributed by atoms with Gasteiger partial charge in [0.1, 0.15) is 0 Å². The third-order valence-electron chi connectivity index (χ3n) is 5.07. The second kappa shape index (κ2) is 7.68. The van der Waals surface area contributed by atoms with E-state index < -0.39 is 0 Å². The van der Waals surface area contributed by atoms with Crippen molar-refractivity contribution >= 4 is 17.8 Å². The van der Waals surface area contributed by atoms with Crippen molar-refractivity contribution in [1.29, 1.82) is 0 Å². The monoisotopic (exact) mass is 342 g/mol. The highest BCUT2D eigenvalue weighted by Gasteiger charge is 2.44. The average molecular weight is 342 g/mol. The number of rotatable bonds is 6. The smallest absolute Gasteiger partial charge is 0.229 e. The summed E-state index contributed by atoms with van der Waals surface area (Å²) in [5.74, 6) is 0.572. The summed E-state index contributed by atoms with van der Waals surface area (Å²) >= 11 is 0. The summed E-state index contributed by atoms with van der Waals surface area (Å²) in [7, 11) is 1.73. The Labute approximate surface area is 148 Å². The molecule has 1 heterocycles. The number of amides is 2. The van der Waals surface area contributed by atoms with Gasteiger partial charge in [0.05, 0.1) is 0 Å². The fraction of sp³-hybridized carbons (Fsp3) is 0.526. The molecule has 1 aromatic rings. The number of benzene rings is 1. The molecule has 6 nitrogen and oxygen atoms in total. The zero-order valence-corrected chi connectivity index (χ0v) is 14.8. The molecular formula is C19H26N4O2. The lowest BCUT2D eigenvalue weighted by Crippen LogP contribution is -2.47. The molecule has 2 fully saturated rings. The molecule has 134 valence electrons. The maximum atomic E-state index is 11.8. The van der Waals surface area contributed by atoms with E-state index in [0.29, 0.717) is 38.3 Å². The van der Waals surface area contributed by atoms with Gasteiger partial charge in [0.25, 0.3) is 0 Å². The topological polar surface area (TPSA) is 73.8 Å². The number of piperidine rings is 1. The number of guanidine groups is 1. The average Bonchev–Trinajstić information content (AvgIpc) is 3.42. The molecule has 0 atom stereocenters. The molecule has 1 saturated heterocycles. The van der Waals surface area contributed by atoms with Crippen LogP contribution in [0.15, 0.2) is 35.3 Å². The zero-order chi connectivity index (χ0) is 17.7. The number of hydrogen-bond donors (Lipinski definition) is 2. The number of aliphatic imine (C=N–C) groups is 1. The number of nitrogens with zero attached hydrogens (tertiary/aromatic N) is 2. The van der Waals surface area contributed by atoms with Crippen LogP contribution in [-0.4, -0.2) is 49.4 Å². The summed E-state index contributed by atoms with van der Waals surface area (Å²) in [5, 5.41) is 6.58. The molecule has 1 aliphatic heterocycles. The van der Waals surface area contributed by atoms with E-state index in [0.717, 1.165) is 6.54 Å². The molecule has 0 radical (unpaired) electrons. The Morgan fingerprint density at radius 3 is 2.40 bits per heavy atom. The summed E-state index contributed by atoms with van der Waals surface area (Å²) in [5.41, 5.74) is 1.57. The van der Waals surface area contributed by atoms with Gasteiger partial charge in [-0.3, -0.25) is 19.5 Å². The number of hydrogen-bond acceptors (Lipinski definition) is 3. The minimum atomic E-state index is -0.0676. The third-order valence-corrected chi connectivity index (χ3v) is 5.07. The Bertz CT molecular complexity index is 637. The highest BCUT2D eigenvalue weighted by molar-refractivity contribution is 5.97. The van der Waals surface area contributed by atoms with E-state index in [4.69, 9.17) is 0 Å². The molecule has 2 N–H and O–H groups in total. The summed E-state index contributed by atoms with van der Waals surface area (Å²) in [6.07, 6.45) is 3.97. The Hall–Kier alpha value is -2.37. The largest absolute Gasteiger partial charge is 0.356 e. The first-order valence-electron chi connectivity index (χ1n) is 8.98. The van der Waals surface area contributed by atoms with Gasteiger partial charge in [0, 0.05) is 44.9 Å². The van der Waals surface area contributed by atoms with Crippen molar-refractivity contribution in [2.45, 2.75) is 37.5 Å². The molecule has 0 aromatic heterocycles. The van der Waals surface area contributed by atoms with Crippen LogP contribution in [0.5, 0.6) is 0 Å². The van der Waals surface area contributed by atoms with Crippen molar-refractivity contribution in [3.63, 3.8) is 0 Å². The molecule has 1 aliphatic carbocycles. The number of likely N-dealkylation sites (tertiary alicyclic amines) is 1. The molecule has 2 amide bonds. The van der Waals surface area contributed by atoms with Crippen LogP contribution in [0.4, 0.5) is 0 Å². The quantitative estimate of drug-likeness (QED) is 0.466. The predicted octanol–water partition coefficient (Wildman–Crippen LogP) is 1.42. The van der Waals surface area contributed by atoms with Crippen molar-refractivity contribution in [1.82, 2.24) is 15.5 Å². The molecule has 0 spiro atoms. The minimum absolute atomic E-state index is 0.0676. The van der Waals surface area contributed by atoms with Crippen LogP contribution >= 0.6 is 0 Å². The number of carbonyl (C=O) groups is 2. The van der Waals surface area contributed by atoms with Gasteiger partial charge >= 0.3 is 0 Å². The Kier molecular flexibility index (Phi) is 5.36. The summed E-state index contributed by atoms with van der Waals surface area (Å²) < 4.78 is 0. The first-order chi connectivity index (χ1) is 12.1. The van der Waals surface area contributed by atoms with Crippen LogP contribution in [-0.2, 0) is 15.0 Å². The van der Waals surface area contributed by atoms with Crippen molar-refractivity contribution in [2.75, 3.05) is 26.7 Å². The minimum Gasteiger partial charge on any atom is -0.356 e. The molecule has 0 bridgehead atoms. The summed E-state index contributed by atoms with van der Waals surface area (Å²) in [6.45, 7) is 1.73. The van der Waals surface area contributed by atoms with Gasteiger partial charge in [-0.05, 0) is 24.8 Å². The SMILES string of the molecule is CN=C(NCCN1C(=O)CCCC1=O)NCC1(c2ccccc2)CC1. The van der Waals surface area contributed by atoms with Crippen molar-refractivity contribution in [3.8, 4) is 0 Å². The number of carbonyl (C=O) groups excluding carboxylic acids is 2.